The SMILES string of the molecule is CC(Br)C1CCCC1(C)C. The Kier molecular flexibility index (Phi) is 2.44. The van der Waals surface area contributed by atoms with Gasteiger partial charge in [-0.1, -0.05) is 43.1 Å². The van der Waals surface area contributed by atoms with Crippen molar-refractivity contribution in [3.8, 4) is 0 Å². The van der Waals surface area contributed by atoms with Crippen LogP contribution in [0.25, 0.3) is 0 Å². The maximum atomic E-state index is 3.68. The normalized spacial score (nSPS) is 34.2. The fourth-order valence-corrected chi connectivity index (χ4v) is 3.19. The van der Waals surface area contributed by atoms with Crippen molar-refractivity contribution in [2.24, 2.45) is 11.3 Å². The molecule has 2 unspecified atom stereocenters. The summed E-state index contributed by atoms with van der Waals surface area (Å²) in [4.78, 5) is 0.699. The highest BCUT2D eigenvalue weighted by atomic mass is 79.9. The van der Waals surface area contributed by atoms with Crippen molar-refractivity contribution in [1.29, 1.82) is 0 Å². The third kappa shape index (κ3) is 1.55. The van der Waals surface area contributed by atoms with Gasteiger partial charge in [-0.3, -0.25) is 0 Å². The van der Waals surface area contributed by atoms with Gasteiger partial charge in [0.1, 0.15) is 0 Å². The minimum atomic E-state index is 0.586. The van der Waals surface area contributed by atoms with Crippen LogP contribution in [0.2, 0.25) is 0 Å². The van der Waals surface area contributed by atoms with Crippen molar-refractivity contribution >= 4 is 15.9 Å². The van der Waals surface area contributed by atoms with Crippen LogP contribution in [0.1, 0.15) is 40.0 Å². The number of halogens is 1. The molecule has 0 saturated heterocycles. The highest BCUT2D eigenvalue weighted by Crippen LogP contribution is 2.45. The van der Waals surface area contributed by atoms with Gasteiger partial charge in [-0.15, -0.1) is 0 Å². The maximum absolute atomic E-state index is 3.68. The maximum Gasteiger partial charge on any atom is 0.0150 e. The zero-order valence-electron chi connectivity index (χ0n) is 7.15. The summed E-state index contributed by atoms with van der Waals surface area (Å²) >= 11 is 3.68. The second-order valence-electron chi connectivity index (χ2n) is 4.16. The molecule has 1 heteroatoms. The predicted octanol–water partition coefficient (Wildman–Crippen LogP) is 3.60. The molecule has 0 aromatic rings. The van der Waals surface area contributed by atoms with E-state index in [1.807, 2.05) is 0 Å². The van der Waals surface area contributed by atoms with E-state index in [2.05, 4.69) is 36.7 Å². The van der Waals surface area contributed by atoms with Crippen molar-refractivity contribution in [3.05, 3.63) is 0 Å². The van der Waals surface area contributed by atoms with E-state index in [9.17, 15) is 0 Å². The molecule has 10 heavy (non-hydrogen) atoms. The second-order valence-corrected chi connectivity index (χ2v) is 5.61. The minimum Gasteiger partial charge on any atom is -0.0890 e. The molecule has 0 nitrogen and oxygen atoms in total. The number of hydrogen-bond donors (Lipinski definition) is 0. The van der Waals surface area contributed by atoms with E-state index in [-0.39, 0.29) is 0 Å². The molecule has 1 aliphatic carbocycles. The summed E-state index contributed by atoms with van der Waals surface area (Å²) in [7, 11) is 0. The van der Waals surface area contributed by atoms with Gasteiger partial charge in [-0.2, -0.15) is 0 Å². The smallest absolute Gasteiger partial charge is 0.0150 e. The molecule has 0 spiro atoms. The average Bonchev–Trinajstić information content (AvgIpc) is 2.08. The van der Waals surface area contributed by atoms with Crippen LogP contribution in [-0.2, 0) is 0 Å². The van der Waals surface area contributed by atoms with Crippen LogP contribution in [0.3, 0.4) is 0 Å². The summed E-state index contributed by atoms with van der Waals surface area (Å²) in [6.45, 7) is 7.06. The first kappa shape index (κ1) is 8.58. The van der Waals surface area contributed by atoms with Crippen LogP contribution in [0.5, 0.6) is 0 Å². The molecule has 0 aromatic carbocycles. The Hall–Kier alpha value is 0.480. The highest BCUT2D eigenvalue weighted by Gasteiger charge is 2.36. The Morgan fingerprint density at radius 2 is 2.10 bits per heavy atom. The summed E-state index contributed by atoms with van der Waals surface area (Å²) in [5.74, 6) is 0.896. The topological polar surface area (TPSA) is 0 Å². The summed E-state index contributed by atoms with van der Waals surface area (Å²) < 4.78 is 0. The lowest BCUT2D eigenvalue weighted by molar-refractivity contribution is 0.261. The molecule has 0 N–H and O–H groups in total. The van der Waals surface area contributed by atoms with Gasteiger partial charge in [0.05, 0.1) is 0 Å². The molecule has 1 fully saturated rings. The van der Waals surface area contributed by atoms with Gasteiger partial charge in [0, 0.05) is 4.83 Å². The Morgan fingerprint density at radius 1 is 1.50 bits per heavy atom. The number of hydrogen-bond acceptors (Lipinski definition) is 0. The van der Waals surface area contributed by atoms with Crippen molar-refractivity contribution in [2.45, 2.75) is 44.9 Å². The molecule has 0 amide bonds. The third-order valence-corrected chi connectivity index (χ3v) is 3.53. The Labute approximate surface area is 72.5 Å². The predicted molar refractivity (Wildman–Crippen MR) is 49.5 cm³/mol. The molecule has 0 heterocycles. The van der Waals surface area contributed by atoms with Gasteiger partial charge in [-0.05, 0) is 24.2 Å². The molecular weight excluding hydrogens is 188 g/mol. The zero-order valence-corrected chi connectivity index (χ0v) is 8.74. The number of alkyl halides is 1. The standard InChI is InChI=1S/C9H17Br/c1-7(10)8-5-4-6-9(8,2)3/h7-8H,4-6H2,1-3H3. The lowest BCUT2D eigenvalue weighted by Crippen LogP contribution is -2.23. The number of rotatable bonds is 1. The van der Waals surface area contributed by atoms with E-state index in [1.165, 1.54) is 19.3 Å². The Bertz CT molecular complexity index is 116. The van der Waals surface area contributed by atoms with Crippen LogP contribution in [0, 0.1) is 11.3 Å². The quantitative estimate of drug-likeness (QED) is 0.574. The molecule has 1 aliphatic rings. The fraction of sp³-hybridized carbons (Fsp3) is 1.00. The Balaban J connectivity index is 2.59. The molecule has 60 valence electrons. The molecule has 0 radical (unpaired) electrons. The van der Waals surface area contributed by atoms with Crippen LogP contribution in [-0.4, -0.2) is 4.83 Å². The summed E-state index contributed by atoms with van der Waals surface area (Å²) in [6, 6.07) is 0. The Morgan fingerprint density at radius 3 is 2.30 bits per heavy atom. The van der Waals surface area contributed by atoms with Crippen molar-refractivity contribution in [2.75, 3.05) is 0 Å². The van der Waals surface area contributed by atoms with Gasteiger partial charge >= 0.3 is 0 Å². The van der Waals surface area contributed by atoms with Gasteiger partial charge in [0.15, 0.2) is 0 Å². The van der Waals surface area contributed by atoms with Crippen LogP contribution >= 0.6 is 15.9 Å². The monoisotopic (exact) mass is 204 g/mol. The van der Waals surface area contributed by atoms with E-state index >= 15 is 0 Å². The van der Waals surface area contributed by atoms with Gasteiger partial charge in [-0.25, -0.2) is 0 Å². The van der Waals surface area contributed by atoms with E-state index in [0.717, 1.165) is 5.92 Å². The second kappa shape index (κ2) is 2.84. The summed E-state index contributed by atoms with van der Waals surface area (Å²) in [5.41, 5.74) is 0.586. The average molecular weight is 205 g/mol. The zero-order chi connectivity index (χ0) is 7.78. The summed E-state index contributed by atoms with van der Waals surface area (Å²) in [5, 5.41) is 0. The first-order valence-electron chi connectivity index (χ1n) is 4.18. The molecule has 0 aromatic heterocycles. The van der Waals surface area contributed by atoms with Crippen LogP contribution < -0.4 is 0 Å². The molecule has 1 saturated carbocycles. The minimum absolute atomic E-state index is 0.586. The molecule has 0 bridgehead atoms. The fourth-order valence-electron chi connectivity index (χ4n) is 2.21. The van der Waals surface area contributed by atoms with Gasteiger partial charge < -0.3 is 0 Å². The van der Waals surface area contributed by atoms with Crippen molar-refractivity contribution < 1.29 is 0 Å². The first-order chi connectivity index (χ1) is 4.54. The highest BCUT2D eigenvalue weighted by molar-refractivity contribution is 9.09. The van der Waals surface area contributed by atoms with E-state index < -0.39 is 0 Å². The molecule has 0 aliphatic heterocycles. The molecule has 1 rings (SSSR count). The largest absolute Gasteiger partial charge is 0.0890 e. The van der Waals surface area contributed by atoms with Crippen molar-refractivity contribution in [1.82, 2.24) is 0 Å². The van der Waals surface area contributed by atoms with Gasteiger partial charge in [0.2, 0.25) is 0 Å². The van der Waals surface area contributed by atoms with Gasteiger partial charge in [0.25, 0.3) is 0 Å². The van der Waals surface area contributed by atoms with Crippen LogP contribution in [0.15, 0.2) is 0 Å². The van der Waals surface area contributed by atoms with E-state index in [0.29, 0.717) is 10.2 Å². The molecular formula is C9H17Br. The van der Waals surface area contributed by atoms with Crippen molar-refractivity contribution in [3.63, 3.8) is 0 Å². The first-order valence-corrected chi connectivity index (χ1v) is 5.10. The summed E-state index contributed by atoms with van der Waals surface area (Å²) in [6.07, 6.45) is 4.25. The molecule has 2 atom stereocenters. The van der Waals surface area contributed by atoms with E-state index in [4.69, 9.17) is 0 Å². The third-order valence-electron chi connectivity index (χ3n) is 2.89. The van der Waals surface area contributed by atoms with Crippen LogP contribution in [0.4, 0.5) is 0 Å². The lowest BCUT2D eigenvalue weighted by atomic mass is 9.80. The van der Waals surface area contributed by atoms with E-state index in [1.54, 1.807) is 0 Å². The lowest BCUT2D eigenvalue weighted by Gasteiger charge is -2.28.